The predicted octanol–water partition coefficient (Wildman–Crippen LogP) is 2.11. The van der Waals surface area contributed by atoms with Gasteiger partial charge < -0.3 is 4.90 Å². The highest BCUT2D eigenvalue weighted by Crippen LogP contribution is 2.22. The van der Waals surface area contributed by atoms with Crippen molar-refractivity contribution in [3.8, 4) is 5.00 Å². The van der Waals surface area contributed by atoms with Crippen molar-refractivity contribution < 1.29 is 4.79 Å². The van der Waals surface area contributed by atoms with E-state index in [1.165, 1.54) is 17.8 Å². The molecule has 7 nitrogen and oxygen atoms in total. The van der Waals surface area contributed by atoms with Gasteiger partial charge in [-0.2, -0.15) is 0 Å². The number of thiophene rings is 1. The lowest BCUT2D eigenvalue weighted by Crippen LogP contribution is -2.46. The summed E-state index contributed by atoms with van der Waals surface area (Å²) in [5.41, 5.74) is -0.512. The van der Waals surface area contributed by atoms with Crippen molar-refractivity contribution in [2.75, 3.05) is 6.54 Å². The molecule has 2 aromatic rings. The minimum atomic E-state index is -0.512. The number of carbonyl (C=O) groups is 1. The van der Waals surface area contributed by atoms with E-state index in [4.69, 9.17) is 0 Å². The number of amides is 1. The first kappa shape index (κ1) is 15.0. The Labute approximate surface area is 132 Å². The van der Waals surface area contributed by atoms with E-state index in [0.29, 0.717) is 11.5 Å². The van der Waals surface area contributed by atoms with Gasteiger partial charge in [-0.3, -0.25) is 0 Å². The van der Waals surface area contributed by atoms with Crippen molar-refractivity contribution in [3.63, 3.8) is 0 Å². The Morgan fingerprint density at radius 2 is 2.14 bits per heavy atom. The average molecular weight is 321 g/mol. The fraction of sp³-hybridized carbons (Fsp3) is 0.571. The summed E-state index contributed by atoms with van der Waals surface area (Å²) in [5, 5.41) is 10.1. The number of aromatic nitrogens is 4. The van der Waals surface area contributed by atoms with Gasteiger partial charge in [-0.15, -0.1) is 20.7 Å². The molecule has 0 spiro atoms. The zero-order valence-corrected chi connectivity index (χ0v) is 13.3. The van der Waals surface area contributed by atoms with Gasteiger partial charge in [-0.25, -0.2) is 9.59 Å². The molecule has 0 saturated heterocycles. The van der Waals surface area contributed by atoms with Crippen LogP contribution in [0.2, 0.25) is 0 Å². The number of nitrogens with zero attached hydrogens (tertiary/aromatic N) is 5. The molecule has 1 fully saturated rings. The van der Waals surface area contributed by atoms with Crippen LogP contribution in [0.3, 0.4) is 0 Å². The van der Waals surface area contributed by atoms with Gasteiger partial charge in [0, 0.05) is 12.6 Å². The van der Waals surface area contributed by atoms with Crippen molar-refractivity contribution >= 4 is 17.4 Å². The number of tetrazole rings is 1. The second-order valence-corrected chi connectivity index (χ2v) is 6.32. The lowest BCUT2D eigenvalue weighted by Gasteiger charge is -2.32. The third kappa shape index (κ3) is 2.70. The summed E-state index contributed by atoms with van der Waals surface area (Å²) in [6.45, 7) is 2.50. The molecule has 0 aliphatic heterocycles. The van der Waals surface area contributed by atoms with Crippen LogP contribution in [0.25, 0.3) is 5.00 Å². The second-order valence-electron chi connectivity index (χ2n) is 5.40. The van der Waals surface area contributed by atoms with Crippen molar-refractivity contribution in [2.24, 2.45) is 0 Å². The van der Waals surface area contributed by atoms with E-state index in [2.05, 4.69) is 10.4 Å². The SMILES string of the molecule is CCN(C(=O)n1nnn(-c2cccs2)c1=O)C1CCCCC1. The lowest BCUT2D eigenvalue weighted by atomic mass is 9.94. The quantitative estimate of drug-likeness (QED) is 0.812. The Morgan fingerprint density at radius 3 is 2.77 bits per heavy atom. The normalized spacial score (nSPS) is 15.9. The summed E-state index contributed by atoms with van der Waals surface area (Å²) in [7, 11) is 0. The summed E-state index contributed by atoms with van der Waals surface area (Å²) in [6.07, 6.45) is 5.47. The van der Waals surface area contributed by atoms with E-state index < -0.39 is 5.69 Å². The number of carbonyl (C=O) groups excluding carboxylic acids is 1. The third-order valence-electron chi connectivity index (χ3n) is 4.08. The molecular formula is C14H19N5O2S. The minimum Gasteiger partial charge on any atom is -0.320 e. The van der Waals surface area contributed by atoms with Gasteiger partial charge in [0.2, 0.25) is 0 Å². The van der Waals surface area contributed by atoms with Crippen LogP contribution >= 0.6 is 11.3 Å². The molecule has 1 aliphatic rings. The number of rotatable bonds is 3. The van der Waals surface area contributed by atoms with Crippen molar-refractivity contribution in [1.29, 1.82) is 0 Å². The van der Waals surface area contributed by atoms with E-state index in [1.807, 2.05) is 18.4 Å². The van der Waals surface area contributed by atoms with Crippen LogP contribution in [0.15, 0.2) is 22.3 Å². The molecule has 0 bridgehead atoms. The Balaban J connectivity index is 1.86. The standard InChI is InChI=1S/C14H19N5O2S/c1-2-17(11-7-4-3-5-8-11)13(20)19-14(21)18(15-16-19)12-9-6-10-22-12/h6,9-11H,2-5,7-8H2,1H3. The van der Waals surface area contributed by atoms with Crippen LogP contribution in [-0.4, -0.2) is 43.3 Å². The molecule has 2 aromatic heterocycles. The molecule has 0 aromatic carbocycles. The summed E-state index contributed by atoms with van der Waals surface area (Å²) in [5.74, 6) is 0. The highest BCUT2D eigenvalue weighted by Gasteiger charge is 2.28. The monoisotopic (exact) mass is 321 g/mol. The van der Waals surface area contributed by atoms with Gasteiger partial charge in [0.25, 0.3) is 0 Å². The molecule has 0 N–H and O–H groups in total. The maximum atomic E-state index is 12.7. The fourth-order valence-electron chi connectivity index (χ4n) is 2.96. The summed E-state index contributed by atoms with van der Waals surface area (Å²) < 4.78 is 2.04. The van der Waals surface area contributed by atoms with Gasteiger partial charge >= 0.3 is 11.7 Å². The molecule has 8 heteroatoms. The van der Waals surface area contributed by atoms with Crippen LogP contribution < -0.4 is 5.69 Å². The average Bonchev–Trinajstić information content (AvgIpc) is 3.18. The smallest absolute Gasteiger partial charge is 0.320 e. The topological polar surface area (TPSA) is 73.0 Å². The lowest BCUT2D eigenvalue weighted by molar-refractivity contribution is 0.157. The van der Waals surface area contributed by atoms with Gasteiger partial charge in [-0.05, 0) is 47.7 Å². The molecule has 118 valence electrons. The molecule has 0 unspecified atom stereocenters. The number of hydrogen-bond donors (Lipinski definition) is 0. The van der Waals surface area contributed by atoms with E-state index in [1.54, 1.807) is 11.0 Å². The van der Waals surface area contributed by atoms with Crippen LogP contribution in [0.5, 0.6) is 0 Å². The van der Waals surface area contributed by atoms with Gasteiger partial charge in [0.1, 0.15) is 5.00 Å². The summed E-state index contributed by atoms with van der Waals surface area (Å²) >= 11 is 1.38. The molecule has 1 saturated carbocycles. The van der Waals surface area contributed by atoms with Crippen LogP contribution in [0.4, 0.5) is 4.79 Å². The van der Waals surface area contributed by atoms with Gasteiger partial charge in [0.15, 0.2) is 0 Å². The first-order valence-corrected chi connectivity index (χ1v) is 8.50. The Kier molecular flexibility index (Phi) is 4.37. The fourth-order valence-corrected chi connectivity index (χ4v) is 3.63. The van der Waals surface area contributed by atoms with Crippen molar-refractivity contribution in [3.05, 3.63) is 28.0 Å². The largest absolute Gasteiger partial charge is 0.378 e. The number of hydrogen-bond acceptors (Lipinski definition) is 5. The Bertz CT molecular complexity index is 684. The maximum Gasteiger partial charge on any atom is 0.378 e. The highest BCUT2D eigenvalue weighted by atomic mass is 32.1. The first-order chi connectivity index (χ1) is 10.7. The molecule has 22 heavy (non-hydrogen) atoms. The summed E-state index contributed by atoms with van der Waals surface area (Å²) in [4.78, 5) is 26.8. The molecule has 1 aliphatic carbocycles. The van der Waals surface area contributed by atoms with Gasteiger partial charge in [-0.1, -0.05) is 19.3 Å². The van der Waals surface area contributed by atoms with E-state index >= 15 is 0 Å². The van der Waals surface area contributed by atoms with E-state index in [0.717, 1.165) is 35.0 Å². The second kappa shape index (κ2) is 6.43. The van der Waals surface area contributed by atoms with Crippen molar-refractivity contribution in [2.45, 2.75) is 45.1 Å². The maximum absolute atomic E-state index is 12.7. The summed E-state index contributed by atoms with van der Waals surface area (Å²) in [6, 6.07) is 3.43. The zero-order valence-electron chi connectivity index (χ0n) is 12.5. The van der Waals surface area contributed by atoms with Crippen LogP contribution in [0.1, 0.15) is 39.0 Å². The van der Waals surface area contributed by atoms with Gasteiger partial charge in [0.05, 0.1) is 0 Å². The van der Waals surface area contributed by atoms with E-state index in [-0.39, 0.29) is 12.1 Å². The minimum absolute atomic E-state index is 0.199. The molecule has 3 rings (SSSR count). The Morgan fingerprint density at radius 1 is 1.36 bits per heavy atom. The molecule has 0 radical (unpaired) electrons. The first-order valence-electron chi connectivity index (χ1n) is 7.62. The molecule has 0 atom stereocenters. The zero-order chi connectivity index (χ0) is 15.5. The third-order valence-corrected chi connectivity index (χ3v) is 4.92. The molecule has 1 amide bonds. The van der Waals surface area contributed by atoms with E-state index in [9.17, 15) is 9.59 Å². The highest BCUT2D eigenvalue weighted by molar-refractivity contribution is 7.12. The van der Waals surface area contributed by atoms with Crippen LogP contribution in [-0.2, 0) is 0 Å². The van der Waals surface area contributed by atoms with Crippen molar-refractivity contribution in [1.82, 2.24) is 24.7 Å². The molecule has 2 heterocycles. The van der Waals surface area contributed by atoms with Crippen LogP contribution in [0, 0.1) is 0 Å². The Hall–Kier alpha value is -1.96. The predicted molar refractivity (Wildman–Crippen MR) is 83.5 cm³/mol. The molecular weight excluding hydrogens is 302 g/mol.